The molecule has 1 unspecified atom stereocenters. The van der Waals surface area contributed by atoms with Crippen molar-refractivity contribution in [2.24, 2.45) is 5.73 Å². The Hall–Kier alpha value is -1.19. The first-order chi connectivity index (χ1) is 6.63. The molecular weight excluding hydrogens is 178 g/mol. The van der Waals surface area contributed by atoms with E-state index in [1.807, 2.05) is 12.1 Å². The van der Waals surface area contributed by atoms with Gasteiger partial charge in [-0.1, -0.05) is 24.3 Å². The number of hydrogen-bond acceptors (Lipinski definition) is 3. The van der Waals surface area contributed by atoms with Crippen molar-refractivity contribution in [2.45, 2.75) is 19.4 Å². The molecular formula is C11H15NO2. The van der Waals surface area contributed by atoms with Gasteiger partial charge >= 0.3 is 0 Å². The van der Waals surface area contributed by atoms with E-state index in [4.69, 9.17) is 10.8 Å². The number of hydrogen-bond donors (Lipinski definition) is 2. The van der Waals surface area contributed by atoms with Crippen LogP contribution in [0.1, 0.15) is 22.8 Å². The van der Waals surface area contributed by atoms with E-state index in [1.165, 1.54) is 0 Å². The van der Waals surface area contributed by atoms with Crippen molar-refractivity contribution in [1.82, 2.24) is 0 Å². The Bertz CT molecular complexity index is 304. The largest absolute Gasteiger partial charge is 0.393 e. The Morgan fingerprint density at radius 1 is 1.43 bits per heavy atom. The molecule has 0 amide bonds. The number of carbonyl (C=O) groups excluding carboxylic acids is 1. The Balaban J connectivity index is 2.73. The van der Waals surface area contributed by atoms with Gasteiger partial charge in [0.05, 0.1) is 12.6 Å². The van der Waals surface area contributed by atoms with Crippen LogP contribution in [0.2, 0.25) is 0 Å². The van der Waals surface area contributed by atoms with Crippen molar-refractivity contribution in [3.63, 3.8) is 0 Å². The van der Waals surface area contributed by atoms with Gasteiger partial charge in [0.1, 0.15) is 0 Å². The lowest BCUT2D eigenvalue weighted by atomic mass is 10.0. The third-order valence-corrected chi connectivity index (χ3v) is 1.99. The van der Waals surface area contributed by atoms with Crippen LogP contribution in [0.5, 0.6) is 0 Å². The van der Waals surface area contributed by atoms with Crippen molar-refractivity contribution in [1.29, 1.82) is 0 Å². The number of rotatable bonds is 4. The highest BCUT2D eigenvalue weighted by atomic mass is 16.3. The number of nitrogens with two attached hydrogens (primary N) is 1. The molecule has 0 heterocycles. The lowest BCUT2D eigenvalue weighted by Crippen LogP contribution is -2.13. The van der Waals surface area contributed by atoms with Gasteiger partial charge in [0.15, 0.2) is 5.78 Å². The number of ketones is 1. The van der Waals surface area contributed by atoms with Gasteiger partial charge in [0, 0.05) is 5.56 Å². The molecule has 0 radical (unpaired) electrons. The topological polar surface area (TPSA) is 63.3 Å². The van der Waals surface area contributed by atoms with Gasteiger partial charge in [-0.05, 0) is 18.9 Å². The zero-order valence-electron chi connectivity index (χ0n) is 8.23. The fourth-order valence-corrected chi connectivity index (χ4v) is 1.29. The normalized spacial score (nSPS) is 12.5. The number of carbonyl (C=O) groups is 1. The maximum atomic E-state index is 11.2. The lowest BCUT2D eigenvalue weighted by molar-refractivity contribution is 0.100. The molecule has 0 spiro atoms. The maximum Gasteiger partial charge on any atom is 0.176 e. The smallest absolute Gasteiger partial charge is 0.176 e. The molecule has 1 aromatic rings. The van der Waals surface area contributed by atoms with E-state index in [0.29, 0.717) is 12.0 Å². The van der Waals surface area contributed by atoms with Crippen LogP contribution < -0.4 is 5.73 Å². The second kappa shape index (κ2) is 4.88. The standard InChI is InChI=1S/C11H15NO2/c1-8(13)6-9-2-4-10(5-3-9)11(14)7-12/h2-5,8,13H,6-7,12H2,1H3. The summed E-state index contributed by atoms with van der Waals surface area (Å²) in [6, 6.07) is 7.17. The molecule has 1 atom stereocenters. The fourth-order valence-electron chi connectivity index (χ4n) is 1.29. The molecule has 14 heavy (non-hydrogen) atoms. The average molecular weight is 193 g/mol. The maximum absolute atomic E-state index is 11.2. The van der Waals surface area contributed by atoms with Crippen LogP contribution in [0.15, 0.2) is 24.3 Å². The summed E-state index contributed by atoms with van der Waals surface area (Å²) >= 11 is 0. The van der Waals surface area contributed by atoms with Crippen LogP contribution in [-0.2, 0) is 6.42 Å². The van der Waals surface area contributed by atoms with Crippen LogP contribution in [0.25, 0.3) is 0 Å². The summed E-state index contributed by atoms with van der Waals surface area (Å²) in [6.07, 6.45) is 0.253. The monoisotopic (exact) mass is 193 g/mol. The van der Waals surface area contributed by atoms with E-state index in [9.17, 15) is 4.79 Å². The second-order valence-corrected chi connectivity index (χ2v) is 3.38. The minimum atomic E-state index is -0.355. The van der Waals surface area contributed by atoms with Gasteiger partial charge in [-0.2, -0.15) is 0 Å². The predicted octanol–water partition coefficient (Wildman–Crippen LogP) is 0.751. The molecule has 0 saturated heterocycles. The first-order valence-corrected chi connectivity index (χ1v) is 4.63. The zero-order chi connectivity index (χ0) is 10.6. The van der Waals surface area contributed by atoms with E-state index in [0.717, 1.165) is 5.56 Å². The molecule has 0 aromatic heterocycles. The van der Waals surface area contributed by atoms with E-state index in [2.05, 4.69) is 0 Å². The first-order valence-electron chi connectivity index (χ1n) is 4.63. The predicted molar refractivity (Wildman–Crippen MR) is 55.2 cm³/mol. The van der Waals surface area contributed by atoms with Crippen molar-refractivity contribution in [2.75, 3.05) is 6.54 Å². The summed E-state index contributed by atoms with van der Waals surface area (Å²) in [7, 11) is 0. The minimum absolute atomic E-state index is 0.0374. The fraction of sp³-hybridized carbons (Fsp3) is 0.364. The molecule has 0 aliphatic heterocycles. The Morgan fingerprint density at radius 3 is 2.43 bits per heavy atom. The summed E-state index contributed by atoms with van der Waals surface area (Å²) in [5.41, 5.74) is 6.88. The Kier molecular flexibility index (Phi) is 3.80. The molecule has 76 valence electrons. The quantitative estimate of drug-likeness (QED) is 0.694. The van der Waals surface area contributed by atoms with Crippen LogP contribution in [0.3, 0.4) is 0 Å². The highest BCUT2D eigenvalue weighted by Crippen LogP contribution is 2.07. The summed E-state index contributed by atoms with van der Waals surface area (Å²) in [5, 5.41) is 9.14. The number of Topliss-reactive ketones (excluding diaryl/α,β-unsaturated/α-hetero) is 1. The van der Waals surface area contributed by atoms with E-state index in [1.54, 1.807) is 19.1 Å². The Labute approximate surface area is 83.6 Å². The molecule has 1 aromatic carbocycles. The molecule has 0 bridgehead atoms. The van der Waals surface area contributed by atoms with Gasteiger partial charge in [-0.15, -0.1) is 0 Å². The van der Waals surface area contributed by atoms with Crippen molar-refractivity contribution in [3.8, 4) is 0 Å². The molecule has 1 rings (SSSR count). The highest BCUT2D eigenvalue weighted by Gasteiger charge is 2.03. The third kappa shape index (κ3) is 2.94. The van der Waals surface area contributed by atoms with Gasteiger partial charge in [-0.25, -0.2) is 0 Å². The van der Waals surface area contributed by atoms with E-state index in [-0.39, 0.29) is 18.4 Å². The lowest BCUT2D eigenvalue weighted by Gasteiger charge is -2.04. The number of aliphatic hydroxyl groups is 1. The van der Waals surface area contributed by atoms with Crippen LogP contribution >= 0.6 is 0 Å². The van der Waals surface area contributed by atoms with Gasteiger partial charge in [0.2, 0.25) is 0 Å². The minimum Gasteiger partial charge on any atom is -0.393 e. The van der Waals surface area contributed by atoms with Gasteiger partial charge in [-0.3, -0.25) is 4.79 Å². The molecule has 0 aliphatic rings. The van der Waals surface area contributed by atoms with Crippen molar-refractivity contribution < 1.29 is 9.90 Å². The van der Waals surface area contributed by atoms with Gasteiger partial charge < -0.3 is 10.8 Å². The average Bonchev–Trinajstić information content (AvgIpc) is 2.17. The van der Waals surface area contributed by atoms with E-state index >= 15 is 0 Å². The number of aliphatic hydroxyl groups excluding tert-OH is 1. The van der Waals surface area contributed by atoms with Crippen molar-refractivity contribution in [3.05, 3.63) is 35.4 Å². The molecule has 0 fully saturated rings. The molecule has 3 N–H and O–H groups in total. The summed E-state index contributed by atoms with van der Waals surface area (Å²) in [5.74, 6) is -0.0615. The van der Waals surface area contributed by atoms with Crippen LogP contribution in [0.4, 0.5) is 0 Å². The SMILES string of the molecule is CC(O)Cc1ccc(C(=O)CN)cc1. The summed E-state index contributed by atoms with van der Waals surface area (Å²) < 4.78 is 0. The second-order valence-electron chi connectivity index (χ2n) is 3.38. The van der Waals surface area contributed by atoms with E-state index < -0.39 is 0 Å². The molecule has 3 heteroatoms. The zero-order valence-corrected chi connectivity index (χ0v) is 8.23. The third-order valence-electron chi connectivity index (χ3n) is 1.99. The first kappa shape index (κ1) is 10.9. The molecule has 0 aliphatic carbocycles. The molecule has 3 nitrogen and oxygen atoms in total. The van der Waals surface area contributed by atoms with Crippen LogP contribution in [0, 0.1) is 0 Å². The van der Waals surface area contributed by atoms with Gasteiger partial charge in [0.25, 0.3) is 0 Å². The Morgan fingerprint density at radius 2 is 2.00 bits per heavy atom. The van der Waals surface area contributed by atoms with Crippen molar-refractivity contribution >= 4 is 5.78 Å². The highest BCUT2D eigenvalue weighted by molar-refractivity contribution is 5.97. The summed E-state index contributed by atoms with van der Waals surface area (Å²) in [6.45, 7) is 1.77. The van der Waals surface area contributed by atoms with Crippen LogP contribution in [-0.4, -0.2) is 23.5 Å². The molecule has 0 saturated carbocycles. The number of benzene rings is 1. The summed E-state index contributed by atoms with van der Waals surface area (Å²) in [4.78, 5) is 11.2.